The molecule has 1 aliphatic heterocycles. The third-order valence-corrected chi connectivity index (χ3v) is 7.41. The highest BCUT2D eigenvalue weighted by Crippen LogP contribution is 2.20. The second kappa shape index (κ2) is 13.0. The van der Waals surface area contributed by atoms with E-state index in [0.717, 1.165) is 23.5 Å². The van der Waals surface area contributed by atoms with Crippen LogP contribution in [0.4, 0.5) is 0 Å². The summed E-state index contributed by atoms with van der Waals surface area (Å²) in [5.74, 6) is -0.270. The van der Waals surface area contributed by atoms with Crippen molar-refractivity contribution in [3.63, 3.8) is 0 Å². The quantitative estimate of drug-likeness (QED) is 0.384. The maximum atomic E-state index is 13.7. The third-order valence-electron chi connectivity index (χ3n) is 6.19. The Kier molecular flexibility index (Phi) is 9.53. The number of carbonyl (C=O) groups is 2. The number of benzene rings is 2. The SMILES string of the molecule is Cc1ccc(CN(Cc2ccccc2)C(=O)CN(CCN2CCOCC2)C(=O)c2cccc(Cl)c2)s1. The normalized spacial score (nSPS) is 13.9. The minimum Gasteiger partial charge on any atom is -0.379 e. The molecule has 0 aliphatic carbocycles. The Labute approximate surface area is 222 Å². The molecule has 6 nitrogen and oxygen atoms in total. The molecule has 2 aromatic carbocycles. The lowest BCUT2D eigenvalue weighted by atomic mass is 10.2. The zero-order valence-corrected chi connectivity index (χ0v) is 22.1. The van der Waals surface area contributed by atoms with Gasteiger partial charge in [-0.3, -0.25) is 14.5 Å². The monoisotopic (exact) mass is 525 g/mol. The molecule has 0 atom stereocenters. The fourth-order valence-corrected chi connectivity index (χ4v) is 5.30. The van der Waals surface area contributed by atoms with E-state index in [9.17, 15) is 9.59 Å². The average molecular weight is 526 g/mol. The van der Waals surface area contributed by atoms with Gasteiger partial charge in [0.25, 0.3) is 5.91 Å². The van der Waals surface area contributed by atoms with Crippen molar-refractivity contribution in [3.8, 4) is 0 Å². The van der Waals surface area contributed by atoms with Gasteiger partial charge in [-0.15, -0.1) is 11.3 Å². The number of rotatable bonds is 10. The number of morpholine rings is 1. The summed E-state index contributed by atoms with van der Waals surface area (Å²) in [5, 5.41) is 0.499. The maximum absolute atomic E-state index is 13.7. The van der Waals surface area contributed by atoms with Crippen LogP contribution in [-0.4, -0.2) is 72.5 Å². The molecule has 2 amide bonds. The molecule has 36 heavy (non-hydrogen) atoms. The van der Waals surface area contributed by atoms with E-state index in [1.54, 1.807) is 40.5 Å². The highest BCUT2D eigenvalue weighted by molar-refractivity contribution is 7.11. The van der Waals surface area contributed by atoms with E-state index in [2.05, 4.69) is 24.0 Å². The van der Waals surface area contributed by atoms with Gasteiger partial charge in [-0.25, -0.2) is 0 Å². The Morgan fingerprint density at radius 2 is 1.75 bits per heavy atom. The summed E-state index contributed by atoms with van der Waals surface area (Å²) in [6.45, 7) is 7.23. The minimum absolute atomic E-state index is 0.00682. The van der Waals surface area contributed by atoms with Crippen molar-refractivity contribution in [3.05, 3.63) is 92.6 Å². The standard InChI is InChI=1S/C28H32ClN3O3S/c1-22-10-11-26(36-22)20-32(19-23-6-3-2-4-7-23)27(33)21-31(13-12-30-14-16-35-17-15-30)28(34)24-8-5-9-25(29)18-24/h2-11,18H,12-17,19-21H2,1H3. The molecule has 2 heterocycles. The molecule has 0 N–H and O–H groups in total. The number of thiophene rings is 1. The van der Waals surface area contributed by atoms with E-state index in [4.69, 9.17) is 16.3 Å². The van der Waals surface area contributed by atoms with Crippen LogP contribution in [0, 0.1) is 6.92 Å². The molecule has 3 aromatic rings. The van der Waals surface area contributed by atoms with Gasteiger partial charge in [0, 0.05) is 53.1 Å². The Bertz CT molecular complexity index is 1150. The lowest BCUT2D eigenvalue weighted by Crippen LogP contribution is -2.47. The van der Waals surface area contributed by atoms with Crippen molar-refractivity contribution < 1.29 is 14.3 Å². The molecule has 0 radical (unpaired) electrons. The second-order valence-corrected chi connectivity index (χ2v) is 10.7. The number of hydrogen-bond acceptors (Lipinski definition) is 5. The Hall–Kier alpha value is -2.71. The zero-order chi connectivity index (χ0) is 25.3. The van der Waals surface area contributed by atoms with E-state index < -0.39 is 0 Å². The highest BCUT2D eigenvalue weighted by Gasteiger charge is 2.24. The number of aryl methyl sites for hydroxylation is 1. The predicted molar refractivity (Wildman–Crippen MR) is 144 cm³/mol. The van der Waals surface area contributed by atoms with Crippen LogP contribution in [0.2, 0.25) is 5.02 Å². The van der Waals surface area contributed by atoms with Crippen molar-refractivity contribution >= 4 is 34.8 Å². The summed E-state index contributed by atoms with van der Waals surface area (Å²) in [6.07, 6.45) is 0. The van der Waals surface area contributed by atoms with Gasteiger partial charge in [-0.2, -0.15) is 0 Å². The smallest absolute Gasteiger partial charge is 0.254 e. The fourth-order valence-electron chi connectivity index (χ4n) is 4.20. The predicted octanol–water partition coefficient (Wildman–Crippen LogP) is 4.71. The molecule has 0 saturated carbocycles. The van der Waals surface area contributed by atoms with Gasteiger partial charge in [0.05, 0.1) is 19.8 Å². The molecule has 8 heteroatoms. The third kappa shape index (κ3) is 7.64. The lowest BCUT2D eigenvalue weighted by Gasteiger charge is -2.31. The molecule has 1 saturated heterocycles. The van der Waals surface area contributed by atoms with Crippen LogP contribution in [0.1, 0.15) is 25.7 Å². The Balaban J connectivity index is 1.52. The molecule has 190 valence electrons. The van der Waals surface area contributed by atoms with Gasteiger partial charge >= 0.3 is 0 Å². The molecular formula is C28H32ClN3O3S. The van der Waals surface area contributed by atoms with Crippen molar-refractivity contribution in [1.29, 1.82) is 0 Å². The number of halogens is 1. The van der Waals surface area contributed by atoms with E-state index in [1.807, 2.05) is 35.2 Å². The Morgan fingerprint density at radius 1 is 0.972 bits per heavy atom. The summed E-state index contributed by atoms with van der Waals surface area (Å²) in [6, 6.07) is 21.0. The number of hydrogen-bond donors (Lipinski definition) is 0. The van der Waals surface area contributed by atoms with Gasteiger partial charge in [-0.1, -0.05) is 48.0 Å². The van der Waals surface area contributed by atoms with E-state index in [0.29, 0.717) is 50.0 Å². The molecule has 0 unspecified atom stereocenters. The summed E-state index contributed by atoms with van der Waals surface area (Å²) >= 11 is 7.85. The van der Waals surface area contributed by atoms with E-state index in [1.165, 1.54) is 4.88 Å². The van der Waals surface area contributed by atoms with Crippen LogP contribution < -0.4 is 0 Å². The largest absolute Gasteiger partial charge is 0.379 e. The summed E-state index contributed by atoms with van der Waals surface area (Å²) in [4.78, 5) is 35.3. The maximum Gasteiger partial charge on any atom is 0.254 e. The molecular weight excluding hydrogens is 494 g/mol. The van der Waals surface area contributed by atoms with Crippen molar-refractivity contribution in [2.24, 2.45) is 0 Å². The summed E-state index contributed by atoms with van der Waals surface area (Å²) in [5.41, 5.74) is 1.54. The van der Waals surface area contributed by atoms with Crippen LogP contribution in [0.5, 0.6) is 0 Å². The molecule has 1 fully saturated rings. The zero-order valence-electron chi connectivity index (χ0n) is 20.6. The van der Waals surface area contributed by atoms with Gasteiger partial charge in [0.1, 0.15) is 6.54 Å². The first-order valence-electron chi connectivity index (χ1n) is 12.2. The average Bonchev–Trinajstić information content (AvgIpc) is 3.31. The van der Waals surface area contributed by atoms with Crippen LogP contribution in [0.3, 0.4) is 0 Å². The van der Waals surface area contributed by atoms with Gasteiger partial charge in [0.2, 0.25) is 5.91 Å². The first-order valence-corrected chi connectivity index (χ1v) is 13.4. The number of amides is 2. The minimum atomic E-state index is -0.189. The molecule has 0 spiro atoms. The highest BCUT2D eigenvalue weighted by atomic mass is 35.5. The number of ether oxygens (including phenoxy) is 1. The topological polar surface area (TPSA) is 53.1 Å². The fraction of sp³-hybridized carbons (Fsp3) is 0.357. The van der Waals surface area contributed by atoms with Gasteiger partial charge in [0.15, 0.2) is 0 Å². The number of carbonyl (C=O) groups excluding carboxylic acids is 2. The van der Waals surface area contributed by atoms with Crippen molar-refractivity contribution in [2.45, 2.75) is 20.0 Å². The van der Waals surface area contributed by atoms with Crippen LogP contribution >= 0.6 is 22.9 Å². The summed E-state index contributed by atoms with van der Waals surface area (Å²) < 4.78 is 5.45. The molecule has 4 rings (SSSR count). The molecule has 0 bridgehead atoms. The molecule has 1 aromatic heterocycles. The van der Waals surface area contributed by atoms with Crippen LogP contribution in [0.25, 0.3) is 0 Å². The second-order valence-electron chi connectivity index (χ2n) is 8.94. The summed E-state index contributed by atoms with van der Waals surface area (Å²) in [7, 11) is 0. The first kappa shape index (κ1) is 26.4. The molecule has 1 aliphatic rings. The van der Waals surface area contributed by atoms with Gasteiger partial charge < -0.3 is 14.5 Å². The first-order chi connectivity index (χ1) is 17.5. The van der Waals surface area contributed by atoms with Crippen LogP contribution in [0.15, 0.2) is 66.7 Å². The van der Waals surface area contributed by atoms with E-state index in [-0.39, 0.29) is 18.4 Å². The Morgan fingerprint density at radius 3 is 2.44 bits per heavy atom. The van der Waals surface area contributed by atoms with Crippen molar-refractivity contribution in [1.82, 2.24) is 14.7 Å². The van der Waals surface area contributed by atoms with E-state index >= 15 is 0 Å². The van der Waals surface area contributed by atoms with Crippen molar-refractivity contribution in [2.75, 3.05) is 45.9 Å². The lowest BCUT2D eigenvalue weighted by molar-refractivity contribution is -0.133. The number of nitrogens with zero attached hydrogens (tertiary/aromatic N) is 3. The van der Waals surface area contributed by atoms with Crippen LogP contribution in [-0.2, 0) is 22.6 Å². The van der Waals surface area contributed by atoms with Gasteiger partial charge in [-0.05, 0) is 42.8 Å².